The molecule has 1 aromatic rings. The summed E-state index contributed by atoms with van der Waals surface area (Å²) in [6.45, 7) is 6.87. The number of morpholine rings is 1. The Kier molecular flexibility index (Phi) is 6.79. The first-order valence-corrected chi connectivity index (χ1v) is 9.23. The maximum Gasteiger partial charge on any atom is 0.252 e. The summed E-state index contributed by atoms with van der Waals surface area (Å²) < 4.78 is 5.44. The van der Waals surface area contributed by atoms with Crippen molar-refractivity contribution < 1.29 is 9.53 Å². The highest BCUT2D eigenvalue weighted by molar-refractivity contribution is 5.93. The third kappa shape index (κ3) is 4.92. The molecule has 2 fully saturated rings. The van der Waals surface area contributed by atoms with Crippen LogP contribution in [0.15, 0.2) is 29.5 Å². The molecule has 3 heterocycles. The molecule has 1 unspecified atom stereocenters. The molecule has 8 heteroatoms. The van der Waals surface area contributed by atoms with Crippen molar-refractivity contribution in [3.63, 3.8) is 0 Å². The van der Waals surface area contributed by atoms with Crippen molar-refractivity contribution >= 4 is 11.9 Å². The zero-order chi connectivity index (χ0) is 18.2. The molecule has 0 saturated carbocycles. The number of carbonyl (C=O) groups is 1. The molecular formula is C18H28N6O2. The summed E-state index contributed by atoms with van der Waals surface area (Å²) in [4.78, 5) is 25.2. The maximum atomic E-state index is 12.0. The van der Waals surface area contributed by atoms with Crippen LogP contribution in [0.25, 0.3) is 0 Å². The Balaban J connectivity index is 1.39. The van der Waals surface area contributed by atoms with E-state index in [9.17, 15) is 4.79 Å². The third-order valence-corrected chi connectivity index (χ3v) is 4.85. The van der Waals surface area contributed by atoms with E-state index in [1.165, 1.54) is 0 Å². The van der Waals surface area contributed by atoms with Gasteiger partial charge in [0, 0.05) is 64.8 Å². The van der Waals surface area contributed by atoms with Gasteiger partial charge in [0.05, 0.1) is 18.8 Å². The van der Waals surface area contributed by atoms with Crippen LogP contribution in [0, 0.1) is 0 Å². The molecule has 142 valence electrons. The number of likely N-dealkylation sites (tertiary alicyclic amines) is 1. The first-order chi connectivity index (χ1) is 12.8. The van der Waals surface area contributed by atoms with Crippen molar-refractivity contribution in [2.45, 2.75) is 12.5 Å². The van der Waals surface area contributed by atoms with Gasteiger partial charge >= 0.3 is 0 Å². The van der Waals surface area contributed by atoms with E-state index in [1.54, 1.807) is 31.6 Å². The normalized spacial score (nSPS) is 21.7. The van der Waals surface area contributed by atoms with Crippen LogP contribution in [0.2, 0.25) is 0 Å². The fraction of sp³-hybridized carbons (Fsp3) is 0.611. The fourth-order valence-electron chi connectivity index (χ4n) is 3.46. The van der Waals surface area contributed by atoms with Gasteiger partial charge in [0.2, 0.25) is 0 Å². The van der Waals surface area contributed by atoms with Crippen LogP contribution in [0.5, 0.6) is 0 Å². The van der Waals surface area contributed by atoms with Gasteiger partial charge in [-0.25, -0.2) is 0 Å². The number of aliphatic imine (C=N–C) groups is 1. The Bertz CT molecular complexity index is 603. The minimum atomic E-state index is -0.108. The molecule has 0 spiro atoms. The number of nitrogens with one attached hydrogen (secondary N) is 2. The van der Waals surface area contributed by atoms with E-state index < -0.39 is 0 Å². The molecule has 2 aliphatic rings. The summed E-state index contributed by atoms with van der Waals surface area (Å²) in [5.41, 5.74) is 0.574. The van der Waals surface area contributed by atoms with Crippen molar-refractivity contribution in [2.75, 3.05) is 59.5 Å². The first kappa shape index (κ1) is 18.6. The van der Waals surface area contributed by atoms with E-state index in [0.717, 1.165) is 51.8 Å². The molecule has 2 saturated heterocycles. The minimum absolute atomic E-state index is 0.108. The summed E-state index contributed by atoms with van der Waals surface area (Å²) in [6.07, 6.45) is 4.37. The van der Waals surface area contributed by atoms with Crippen molar-refractivity contribution in [3.05, 3.63) is 30.1 Å². The number of pyridine rings is 1. The zero-order valence-corrected chi connectivity index (χ0v) is 15.4. The number of guanidine groups is 1. The Morgan fingerprint density at radius 3 is 2.85 bits per heavy atom. The van der Waals surface area contributed by atoms with E-state index in [0.29, 0.717) is 24.7 Å². The quantitative estimate of drug-likeness (QED) is 0.430. The molecule has 3 rings (SSSR count). The predicted octanol–water partition coefficient (Wildman–Crippen LogP) is -0.207. The average molecular weight is 360 g/mol. The Labute approximate surface area is 154 Å². The van der Waals surface area contributed by atoms with Crippen LogP contribution in [0.3, 0.4) is 0 Å². The van der Waals surface area contributed by atoms with Gasteiger partial charge in [0.1, 0.15) is 0 Å². The molecule has 8 nitrogen and oxygen atoms in total. The van der Waals surface area contributed by atoms with E-state index >= 15 is 0 Å². The summed E-state index contributed by atoms with van der Waals surface area (Å²) >= 11 is 0. The molecule has 26 heavy (non-hydrogen) atoms. The van der Waals surface area contributed by atoms with Crippen LogP contribution in [0.4, 0.5) is 0 Å². The molecule has 0 bridgehead atoms. The smallest absolute Gasteiger partial charge is 0.252 e. The second-order valence-corrected chi connectivity index (χ2v) is 6.51. The van der Waals surface area contributed by atoms with Crippen LogP contribution in [0.1, 0.15) is 16.8 Å². The lowest BCUT2D eigenvalue weighted by molar-refractivity contribution is 0.0195. The third-order valence-electron chi connectivity index (χ3n) is 4.85. The second kappa shape index (κ2) is 9.49. The van der Waals surface area contributed by atoms with Crippen molar-refractivity contribution in [2.24, 2.45) is 4.99 Å². The van der Waals surface area contributed by atoms with Gasteiger partial charge in [-0.2, -0.15) is 0 Å². The summed E-state index contributed by atoms with van der Waals surface area (Å²) in [6, 6.07) is 4.08. The number of rotatable bonds is 5. The number of amides is 1. The Morgan fingerprint density at radius 2 is 2.12 bits per heavy atom. The molecule has 0 radical (unpaired) electrons. The highest BCUT2D eigenvalue weighted by Gasteiger charge is 2.30. The van der Waals surface area contributed by atoms with Gasteiger partial charge < -0.3 is 20.3 Å². The van der Waals surface area contributed by atoms with Crippen LogP contribution in [-0.4, -0.2) is 92.2 Å². The van der Waals surface area contributed by atoms with E-state index in [4.69, 9.17) is 4.74 Å². The molecule has 0 aromatic carbocycles. The molecular weight excluding hydrogens is 332 g/mol. The molecule has 2 aliphatic heterocycles. The van der Waals surface area contributed by atoms with E-state index in [2.05, 4.69) is 30.4 Å². The van der Waals surface area contributed by atoms with Crippen LogP contribution in [-0.2, 0) is 4.74 Å². The van der Waals surface area contributed by atoms with E-state index in [1.807, 2.05) is 0 Å². The standard InChI is InChI=1S/C18H28N6O2/c1-19-18(22-7-6-21-17(25)15-3-2-5-20-13-15)24-8-4-16(14-24)23-9-11-26-12-10-23/h2-3,5,13,16H,4,6-12,14H2,1H3,(H,19,22)(H,21,25). The van der Waals surface area contributed by atoms with Crippen molar-refractivity contribution in [3.8, 4) is 0 Å². The number of ether oxygens (including phenoxy) is 1. The predicted molar refractivity (Wildman–Crippen MR) is 100 cm³/mol. The summed E-state index contributed by atoms with van der Waals surface area (Å²) in [5, 5.41) is 6.24. The monoisotopic (exact) mass is 360 g/mol. The summed E-state index contributed by atoms with van der Waals surface area (Å²) in [7, 11) is 1.80. The SMILES string of the molecule is CN=C(NCCNC(=O)c1cccnc1)N1CCC(N2CCOCC2)C1. The lowest BCUT2D eigenvalue weighted by atomic mass is 10.2. The molecule has 1 aromatic heterocycles. The number of hydrogen-bond acceptors (Lipinski definition) is 5. The van der Waals surface area contributed by atoms with Gasteiger partial charge in [0.15, 0.2) is 5.96 Å². The highest BCUT2D eigenvalue weighted by Crippen LogP contribution is 2.16. The Hall–Kier alpha value is -2.19. The number of aromatic nitrogens is 1. The molecule has 1 atom stereocenters. The van der Waals surface area contributed by atoms with Gasteiger partial charge in [-0.3, -0.25) is 19.7 Å². The van der Waals surface area contributed by atoms with Crippen molar-refractivity contribution in [1.82, 2.24) is 25.4 Å². The lowest BCUT2D eigenvalue weighted by Crippen LogP contribution is -2.47. The number of carbonyl (C=O) groups excluding carboxylic acids is 1. The van der Waals surface area contributed by atoms with Gasteiger partial charge in [0.25, 0.3) is 5.91 Å². The van der Waals surface area contributed by atoms with Crippen LogP contribution >= 0.6 is 0 Å². The lowest BCUT2D eigenvalue weighted by Gasteiger charge is -2.32. The van der Waals surface area contributed by atoms with Crippen molar-refractivity contribution in [1.29, 1.82) is 0 Å². The molecule has 0 aliphatic carbocycles. The van der Waals surface area contributed by atoms with E-state index in [-0.39, 0.29) is 5.91 Å². The zero-order valence-electron chi connectivity index (χ0n) is 15.4. The highest BCUT2D eigenvalue weighted by atomic mass is 16.5. The first-order valence-electron chi connectivity index (χ1n) is 9.23. The fourth-order valence-corrected chi connectivity index (χ4v) is 3.46. The molecule has 2 N–H and O–H groups in total. The van der Waals surface area contributed by atoms with Gasteiger partial charge in [-0.1, -0.05) is 0 Å². The average Bonchev–Trinajstić information content (AvgIpc) is 3.19. The Morgan fingerprint density at radius 1 is 1.31 bits per heavy atom. The number of nitrogens with zero attached hydrogens (tertiary/aromatic N) is 4. The second-order valence-electron chi connectivity index (χ2n) is 6.51. The largest absolute Gasteiger partial charge is 0.379 e. The number of hydrogen-bond donors (Lipinski definition) is 2. The van der Waals surface area contributed by atoms with Gasteiger partial charge in [-0.05, 0) is 18.6 Å². The maximum absolute atomic E-state index is 12.0. The van der Waals surface area contributed by atoms with Crippen LogP contribution < -0.4 is 10.6 Å². The minimum Gasteiger partial charge on any atom is -0.379 e. The van der Waals surface area contributed by atoms with Gasteiger partial charge in [-0.15, -0.1) is 0 Å². The molecule has 1 amide bonds. The summed E-state index contributed by atoms with van der Waals surface area (Å²) in [5.74, 6) is 0.792. The topological polar surface area (TPSA) is 82.1 Å².